The average Bonchev–Trinajstić information content (AvgIpc) is 3.92. The van der Waals surface area contributed by atoms with Gasteiger partial charge in [0.05, 0.1) is 15.7 Å². The van der Waals surface area contributed by atoms with E-state index in [1.54, 1.807) is 0 Å². The normalized spacial score (nSPS) is 11.5. The van der Waals surface area contributed by atoms with Gasteiger partial charge in [-0.25, -0.2) is 0 Å². The number of benzene rings is 10. The summed E-state index contributed by atoms with van der Waals surface area (Å²) in [6, 6.07) is 88.1. The van der Waals surface area contributed by atoms with Gasteiger partial charge in [0, 0.05) is 54.6 Å². The van der Waals surface area contributed by atoms with Gasteiger partial charge in [-0.2, -0.15) is 0 Å². The first kappa shape index (κ1) is 36.8. The van der Waals surface area contributed by atoms with E-state index in [9.17, 15) is 0 Å². The van der Waals surface area contributed by atoms with E-state index < -0.39 is 0 Å². The summed E-state index contributed by atoms with van der Waals surface area (Å²) in [6.45, 7) is 0. The summed E-state index contributed by atoms with van der Waals surface area (Å²) in [5.41, 5.74) is 16.6. The van der Waals surface area contributed by atoms with Gasteiger partial charge >= 0.3 is 0 Å². The van der Waals surface area contributed by atoms with E-state index in [0.717, 1.165) is 22.7 Å². The molecule has 0 saturated carbocycles. The van der Waals surface area contributed by atoms with E-state index in [1.165, 1.54) is 86.5 Å². The zero-order valence-electron chi connectivity index (χ0n) is 34.4. The van der Waals surface area contributed by atoms with E-state index >= 15 is 0 Å². The van der Waals surface area contributed by atoms with Crippen molar-refractivity contribution < 1.29 is 0 Å². The highest BCUT2D eigenvalue weighted by atomic mass is 32.1. The molecule has 0 unspecified atom stereocenters. The van der Waals surface area contributed by atoms with Gasteiger partial charge < -0.3 is 9.47 Å². The molecule has 0 radical (unpaired) electrons. The van der Waals surface area contributed by atoms with Crippen molar-refractivity contribution in [1.82, 2.24) is 4.57 Å². The van der Waals surface area contributed by atoms with Crippen LogP contribution in [0.1, 0.15) is 0 Å². The summed E-state index contributed by atoms with van der Waals surface area (Å²) >= 11 is 1.90. The summed E-state index contributed by atoms with van der Waals surface area (Å²) < 4.78 is 5.07. The predicted octanol–water partition coefficient (Wildman–Crippen LogP) is 17.3. The largest absolute Gasteiger partial charge is 0.311 e. The Kier molecular flexibility index (Phi) is 9.06. The van der Waals surface area contributed by atoms with Crippen molar-refractivity contribution >= 4 is 70.4 Å². The van der Waals surface area contributed by atoms with Gasteiger partial charge in [0.2, 0.25) is 0 Å². The molecule has 0 atom stereocenters. The Balaban J connectivity index is 1.10. The van der Waals surface area contributed by atoms with E-state index in [1.807, 2.05) is 11.3 Å². The van der Waals surface area contributed by atoms with Crippen LogP contribution in [-0.2, 0) is 0 Å². The Hall–Kier alpha value is -7.98. The van der Waals surface area contributed by atoms with Crippen LogP contribution >= 0.6 is 11.3 Å². The van der Waals surface area contributed by atoms with E-state index in [2.05, 4.69) is 252 Å². The minimum atomic E-state index is 1.09. The van der Waals surface area contributed by atoms with Crippen molar-refractivity contribution in [2.24, 2.45) is 0 Å². The average molecular weight is 821 g/mol. The van der Waals surface area contributed by atoms with Crippen molar-refractivity contribution in [3.63, 3.8) is 0 Å². The molecule has 0 bridgehead atoms. The number of rotatable bonds is 8. The lowest BCUT2D eigenvalue weighted by molar-refractivity contribution is 1.19. The van der Waals surface area contributed by atoms with Gasteiger partial charge in [-0.05, 0) is 99.6 Å². The van der Waals surface area contributed by atoms with Crippen LogP contribution in [0, 0.1) is 0 Å². The third-order valence-electron chi connectivity index (χ3n) is 12.4. The van der Waals surface area contributed by atoms with Crippen LogP contribution in [0.15, 0.2) is 243 Å². The summed E-state index contributed by atoms with van der Waals surface area (Å²) in [4.78, 5) is 2.37. The maximum Gasteiger partial charge on any atom is 0.0726 e. The molecule has 0 amide bonds. The number of hydrogen-bond acceptors (Lipinski definition) is 2. The van der Waals surface area contributed by atoms with Gasteiger partial charge in [0.25, 0.3) is 0 Å². The summed E-state index contributed by atoms with van der Waals surface area (Å²) in [5, 5.41) is 5.09. The zero-order valence-corrected chi connectivity index (χ0v) is 35.2. The smallest absolute Gasteiger partial charge is 0.0726 e. The molecule has 10 aromatic carbocycles. The third-order valence-corrected chi connectivity index (χ3v) is 13.6. The minimum Gasteiger partial charge on any atom is -0.311 e. The number of aromatic nitrogens is 1. The molecule has 12 rings (SSSR count). The lowest BCUT2D eigenvalue weighted by Crippen LogP contribution is -2.09. The Morgan fingerprint density at radius 2 is 0.714 bits per heavy atom. The second-order valence-corrected chi connectivity index (χ2v) is 17.1. The quantitative estimate of drug-likeness (QED) is 0.148. The summed E-state index contributed by atoms with van der Waals surface area (Å²) in [6.07, 6.45) is 0. The Morgan fingerprint density at radius 3 is 1.27 bits per heavy atom. The third kappa shape index (κ3) is 6.33. The minimum absolute atomic E-state index is 1.09. The van der Waals surface area contributed by atoms with Crippen molar-refractivity contribution in [2.45, 2.75) is 0 Å². The first-order chi connectivity index (χ1) is 31.3. The van der Waals surface area contributed by atoms with Gasteiger partial charge in [0.1, 0.15) is 0 Å². The van der Waals surface area contributed by atoms with Crippen molar-refractivity contribution in [2.75, 3.05) is 4.90 Å². The highest BCUT2D eigenvalue weighted by Crippen LogP contribution is 2.53. The molecule has 0 aliphatic rings. The highest BCUT2D eigenvalue weighted by Gasteiger charge is 2.27. The number of hydrogen-bond donors (Lipinski definition) is 0. The molecule has 12 aromatic rings. The molecule has 63 heavy (non-hydrogen) atoms. The zero-order chi connectivity index (χ0) is 41.7. The molecule has 2 heterocycles. The highest BCUT2D eigenvalue weighted by molar-refractivity contribution is 7.26. The monoisotopic (exact) mass is 820 g/mol. The van der Waals surface area contributed by atoms with Crippen LogP contribution < -0.4 is 4.90 Å². The molecule has 0 aliphatic heterocycles. The lowest BCUT2D eigenvalue weighted by Gasteiger charge is -2.26. The molecule has 0 N–H and O–H groups in total. The van der Waals surface area contributed by atoms with E-state index in [-0.39, 0.29) is 0 Å². The molecule has 0 fully saturated rings. The summed E-state index contributed by atoms with van der Waals surface area (Å²) in [7, 11) is 0. The fourth-order valence-electron chi connectivity index (χ4n) is 9.54. The number of nitrogens with zero attached hydrogens (tertiary/aromatic N) is 2. The van der Waals surface area contributed by atoms with Gasteiger partial charge in [-0.1, -0.05) is 182 Å². The fraction of sp³-hybridized carbons (Fsp3) is 0. The number of thiophene rings is 1. The molecular formula is C60H40N2S. The van der Waals surface area contributed by atoms with Gasteiger partial charge in [0.15, 0.2) is 0 Å². The molecule has 0 saturated heterocycles. The van der Waals surface area contributed by atoms with Crippen molar-refractivity contribution in [3.05, 3.63) is 243 Å². The van der Waals surface area contributed by atoms with Crippen molar-refractivity contribution in [1.29, 1.82) is 0 Å². The number of fused-ring (bicyclic) bond motifs is 7. The SMILES string of the molecule is c1ccc(-c2ccc(N(c3ccc(-c4ccccc4)cc3)c3ccc(-c4c(-c5ccccc5)c5c6ccccc6n(-c6ccccc6)c5c5sc6ccccc6c45)cc3)cc2)cc1. The lowest BCUT2D eigenvalue weighted by atomic mass is 9.87. The van der Waals surface area contributed by atoms with Crippen molar-refractivity contribution in [3.8, 4) is 50.2 Å². The van der Waals surface area contributed by atoms with Gasteiger partial charge in [-0.15, -0.1) is 11.3 Å². The second kappa shape index (κ2) is 15.5. The van der Waals surface area contributed by atoms with Crippen LogP contribution in [-0.4, -0.2) is 4.57 Å². The van der Waals surface area contributed by atoms with E-state index in [0.29, 0.717) is 0 Å². The summed E-state index contributed by atoms with van der Waals surface area (Å²) in [5.74, 6) is 0. The number of anilines is 3. The Labute approximate surface area is 370 Å². The number of para-hydroxylation sites is 2. The molecule has 0 aliphatic carbocycles. The van der Waals surface area contributed by atoms with Gasteiger partial charge in [-0.3, -0.25) is 0 Å². The standard InChI is InChI=1S/C60H40N2S/c1-5-17-41(18-6-1)43-29-35-48(36-30-43)61(49-37-31-44(32-38-49)42-19-7-2-8-20-42)50-39-33-46(34-40-50)56-55(45-21-9-3-10-22-45)57-51-25-13-15-27-53(51)62(47-23-11-4-12-24-47)59(57)60-58(56)52-26-14-16-28-54(52)63-60/h1-40H. The Bertz CT molecular complexity index is 3470. The maximum absolute atomic E-state index is 2.49. The first-order valence-electron chi connectivity index (χ1n) is 21.5. The van der Waals surface area contributed by atoms with Crippen LogP contribution in [0.25, 0.3) is 92.2 Å². The predicted molar refractivity (Wildman–Crippen MR) is 270 cm³/mol. The van der Waals surface area contributed by atoms with Crippen LogP contribution in [0.5, 0.6) is 0 Å². The first-order valence-corrected chi connectivity index (χ1v) is 22.3. The molecule has 2 nitrogen and oxygen atoms in total. The Morgan fingerprint density at radius 1 is 0.317 bits per heavy atom. The maximum atomic E-state index is 2.49. The second-order valence-electron chi connectivity index (χ2n) is 16.0. The van der Waals surface area contributed by atoms with Crippen LogP contribution in [0.3, 0.4) is 0 Å². The topological polar surface area (TPSA) is 8.17 Å². The van der Waals surface area contributed by atoms with Crippen LogP contribution in [0.2, 0.25) is 0 Å². The van der Waals surface area contributed by atoms with Crippen LogP contribution in [0.4, 0.5) is 17.1 Å². The molecule has 296 valence electrons. The molecular weight excluding hydrogens is 781 g/mol. The molecule has 0 spiro atoms. The van der Waals surface area contributed by atoms with E-state index in [4.69, 9.17) is 0 Å². The molecule has 2 aromatic heterocycles. The molecule has 3 heteroatoms. The fourth-order valence-corrected chi connectivity index (χ4v) is 10.8.